The summed E-state index contributed by atoms with van der Waals surface area (Å²) >= 11 is 5.00. The van der Waals surface area contributed by atoms with Gasteiger partial charge in [-0.3, -0.25) is 0 Å². The molecular weight excluding hydrogens is 220 g/mol. The Morgan fingerprint density at radius 3 is 2.31 bits per heavy atom. The van der Waals surface area contributed by atoms with E-state index in [0.717, 1.165) is 18.5 Å². The molecule has 1 aromatic rings. The average molecular weight is 240 g/mol. The van der Waals surface area contributed by atoms with Gasteiger partial charge in [0.2, 0.25) is 0 Å². The maximum Gasteiger partial charge on any atom is 0.143 e. The predicted octanol–water partition coefficient (Wildman–Crippen LogP) is 2.40. The molecule has 0 spiro atoms. The number of aromatic nitrogens is 3. The van der Waals surface area contributed by atoms with Gasteiger partial charge in [-0.25, -0.2) is 4.68 Å². The highest BCUT2D eigenvalue weighted by molar-refractivity contribution is 7.80. The van der Waals surface area contributed by atoms with Gasteiger partial charge in [-0.1, -0.05) is 45.1 Å². The molecule has 0 aliphatic heterocycles. The van der Waals surface area contributed by atoms with Gasteiger partial charge in [0.15, 0.2) is 0 Å². The topological polar surface area (TPSA) is 56.7 Å². The van der Waals surface area contributed by atoms with E-state index in [4.69, 9.17) is 18.0 Å². The zero-order valence-corrected chi connectivity index (χ0v) is 11.2. The van der Waals surface area contributed by atoms with Crippen LogP contribution in [0.15, 0.2) is 0 Å². The van der Waals surface area contributed by atoms with Gasteiger partial charge >= 0.3 is 0 Å². The van der Waals surface area contributed by atoms with Crippen LogP contribution in [-0.4, -0.2) is 20.0 Å². The van der Waals surface area contributed by atoms with Gasteiger partial charge in [0.05, 0.1) is 11.7 Å². The Morgan fingerprint density at radius 1 is 1.38 bits per heavy atom. The normalized spacial score (nSPS) is 11.4. The molecule has 1 rings (SSSR count). The van der Waals surface area contributed by atoms with E-state index < -0.39 is 0 Å². The van der Waals surface area contributed by atoms with Crippen LogP contribution in [-0.2, 0) is 0 Å². The summed E-state index contributed by atoms with van der Waals surface area (Å²) in [6, 6.07) is 0.382. The maximum absolute atomic E-state index is 5.66. The molecule has 4 nitrogen and oxygen atoms in total. The van der Waals surface area contributed by atoms with Crippen LogP contribution < -0.4 is 5.73 Å². The Hall–Kier alpha value is -0.970. The van der Waals surface area contributed by atoms with Crippen molar-refractivity contribution in [2.24, 2.45) is 5.73 Å². The largest absolute Gasteiger partial charge is 0.388 e. The lowest BCUT2D eigenvalue weighted by atomic mass is 10.1. The predicted molar refractivity (Wildman–Crippen MR) is 69.6 cm³/mol. The summed E-state index contributed by atoms with van der Waals surface area (Å²) in [6.45, 7) is 8.53. The van der Waals surface area contributed by atoms with Crippen molar-refractivity contribution < 1.29 is 0 Å². The molecule has 1 heterocycles. The molecule has 1 aromatic heterocycles. The second kappa shape index (κ2) is 5.39. The summed E-state index contributed by atoms with van der Waals surface area (Å²) in [5.41, 5.74) is 7.40. The fourth-order valence-electron chi connectivity index (χ4n) is 1.92. The molecule has 2 N–H and O–H groups in total. The zero-order chi connectivity index (χ0) is 12.3. The lowest BCUT2D eigenvalue weighted by molar-refractivity contribution is 0.400. The lowest BCUT2D eigenvalue weighted by Gasteiger charge is -2.17. The van der Waals surface area contributed by atoms with Gasteiger partial charge in [-0.2, -0.15) is 0 Å². The van der Waals surface area contributed by atoms with E-state index in [1.54, 1.807) is 0 Å². The smallest absolute Gasteiger partial charge is 0.143 e. The quantitative estimate of drug-likeness (QED) is 0.803. The second-order valence-corrected chi connectivity index (χ2v) is 4.70. The Balaban J connectivity index is 3.24. The highest BCUT2D eigenvalue weighted by Crippen LogP contribution is 2.24. The summed E-state index contributed by atoms with van der Waals surface area (Å²) in [7, 11) is 0. The maximum atomic E-state index is 5.66. The van der Waals surface area contributed by atoms with E-state index in [1.165, 1.54) is 0 Å². The number of nitrogens with zero attached hydrogens (tertiary/aromatic N) is 3. The van der Waals surface area contributed by atoms with Gasteiger partial charge in [0.1, 0.15) is 10.7 Å². The molecule has 5 heteroatoms. The van der Waals surface area contributed by atoms with Crippen LogP contribution in [0.4, 0.5) is 0 Å². The number of nitrogens with two attached hydrogens (primary N) is 1. The summed E-state index contributed by atoms with van der Waals surface area (Å²) in [6.07, 6.45) is 2.08. The minimum atomic E-state index is 0.326. The fraction of sp³-hybridized carbons (Fsp3) is 0.727. The number of hydrogen-bond acceptors (Lipinski definition) is 3. The van der Waals surface area contributed by atoms with Crippen LogP contribution in [0.5, 0.6) is 0 Å². The van der Waals surface area contributed by atoms with Crippen LogP contribution >= 0.6 is 12.2 Å². The van der Waals surface area contributed by atoms with Gasteiger partial charge in [0, 0.05) is 0 Å². The summed E-state index contributed by atoms with van der Waals surface area (Å²) in [4.78, 5) is 0.334. The first-order valence-corrected chi connectivity index (χ1v) is 6.18. The van der Waals surface area contributed by atoms with Crippen molar-refractivity contribution in [2.75, 3.05) is 0 Å². The minimum absolute atomic E-state index is 0.326. The van der Waals surface area contributed by atoms with Gasteiger partial charge < -0.3 is 5.73 Å². The third-order valence-corrected chi connectivity index (χ3v) is 2.99. The van der Waals surface area contributed by atoms with Crippen LogP contribution in [0.2, 0.25) is 0 Å². The molecule has 0 atom stereocenters. The zero-order valence-electron chi connectivity index (χ0n) is 10.4. The van der Waals surface area contributed by atoms with E-state index >= 15 is 0 Å². The Morgan fingerprint density at radius 2 is 1.94 bits per heavy atom. The lowest BCUT2D eigenvalue weighted by Crippen LogP contribution is -2.17. The average Bonchev–Trinajstić information content (AvgIpc) is 2.64. The van der Waals surface area contributed by atoms with Gasteiger partial charge in [-0.05, 0) is 18.8 Å². The fourth-order valence-corrected chi connectivity index (χ4v) is 2.06. The highest BCUT2D eigenvalue weighted by atomic mass is 32.1. The standard InChI is InChI=1S/C11H20N4S/c1-5-8(6-2)15-10(7(3)4)9(11(12)16)13-14-15/h7-8H,5-6H2,1-4H3,(H2,12,16). The molecule has 0 radical (unpaired) electrons. The van der Waals surface area contributed by atoms with Crippen molar-refractivity contribution in [3.8, 4) is 0 Å². The molecule has 0 aliphatic rings. The molecule has 0 saturated heterocycles. The Bertz CT molecular complexity index is 366. The van der Waals surface area contributed by atoms with Gasteiger partial charge in [0.25, 0.3) is 0 Å². The van der Waals surface area contributed by atoms with Crippen molar-refractivity contribution in [2.45, 2.75) is 52.5 Å². The van der Waals surface area contributed by atoms with Crippen molar-refractivity contribution in [1.82, 2.24) is 15.0 Å². The molecular formula is C11H20N4S. The molecule has 0 amide bonds. The summed E-state index contributed by atoms with van der Waals surface area (Å²) in [5.74, 6) is 0.326. The number of thiocarbonyl (C=S) groups is 1. The summed E-state index contributed by atoms with van der Waals surface area (Å²) < 4.78 is 1.99. The first-order chi connectivity index (χ1) is 7.52. The second-order valence-electron chi connectivity index (χ2n) is 4.26. The van der Waals surface area contributed by atoms with Crippen molar-refractivity contribution in [3.05, 3.63) is 11.4 Å². The SMILES string of the molecule is CCC(CC)n1nnc(C(N)=S)c1C(C)C. The van der Waals surface area contributed by atoms with E-state index in [2.05, 4.69) is 38.0 Å². The van der Waals surface area contributed by atoms with E-state index in [1.807, 2.05) is 4.68 Å². The molecule has 90 valence electrons. The van der Waals surface area contributed by atoms with Crippen LogP contribution in [0, 0.1) is 0 Å². The molecule has 16 heavy (non-hydrogen) atoms. The molecule has 0 fully saturated rings. The number of hydrogen-bond donors (Lipinski definition) is 1. The molecule has 0 aliphatic carbocycles. The molecule has 0 saturated carbocycles. The van der Waals surface area contributed by atoms with E-state index in [9.17, 15) is 0 Å². The molecule has 0 aromatic carbocycles. The van der Waals surface area contributed by atoms with Crippen molar-refractivity contribution in [1.29, 1.82) is 0 Å². The Labute approximate surface area is 102 Å². The van der Waals surface area contributed by atoms with Crippen LogP contribution in [0.1, 0.15) is 63.9 Å². The van der Waals surface area contributed by atoms with Crippen LogP contribution in [0.25, 0.3) is 0 Å². The number of rotatable bonds is 5. The van der Waals surface area contributed by atoms with Crippen molar-refractivity contribution >= 4 is 17.2 Å². The first-order valence-electron chi connectivity index (χ1n) is 5.77. The monoisotopic (exact) mass is 240 g/mol. The van der Waals surface area contributed by atoms with Crippen molar-refractivity contribution in [3.63, 3.8) is 0 Å². The molecule has 0 unspecified atom stereocenters. The highest BCUT2D eigenvalue weighted by Gasteiger charge is 2.21. The first kappa shape index (κ1) is 13.1. The third-order valence-electron chi connectivity index (χ3n) is 2.80. The third kappa shape index (κ3) is 2.40. The molecule has 0 bridgehead atoms. The van der Waals surface area contributed by atoms with E-state index in [-0.39, 0.29) is 0 Å². The Kier molecular flexibility index (Phi) is 4.41. The van der Waals surface area contributed by atoms with Gasteiger partial charge in [-0.15, -0.1) is 5.10 Å². The van der Waals surface area contributed by atoms with E-state index in [0.29, 0.717) is 22.6 Å². The van der Waals surface area contributed by atoms with Crippen LogP contribution in [0.3, 0.4) is 0 Å². The summed E-state index contributed by atoms with van der Waals surface area (Å²) in [5, 5.41) is 8.30. The minimum Gasteiger partial charge on any atom is -0.388 e.